The average molecular weight is 321 g/mol. The molecule has 1 rings (SSSR count). The molecule has 0 bridgehead atoms. The Hall–Kier alpha value is 0.0943. The summed E-state index contributed by atoms with van der Waals surface area (Å²) in [6.07, 6.45) is 4.74. The first-order valence-corrected chi connectivity index (χ1v) is 10.4. The molecule has 0 aliphatic heterocycles. The first-order valence-electron chi connectivity index (χ1n) is 6.31. The summed E-state index contributed by atoms with van der Waals surface area (Å²) < 4.78 is 17.4. The van der Waals surface area contributed by atoms with E-state index in [-0.39, 0.29) is 0 Å². The van der Waals surface area contributed by atoms with E-state index in [4.69, 9.17) is 9.96 Å². The van der Waals surface area contributed by atoms with Crippen LogP contribution in [-0.2, 0) is 34.1 Å². The van der Waals surface area contributed by atoms with Crippen LogP contribution in [0.4, 0.5) is 0 Å². The molecule has 0 radical (unpaired) electrons. The Bertz CT molecular complexity index is 341. The SMILES string of the molecule is C[O][Ti]([CH2]C(C)SCCc1ccncc1)([O]C)[O]C. The number of aromatic nitrogens is 1. The van der Waals surface area contributed by atoms with E-state index in [1.165, 1.54) is 5.56 Å². The fourth-order valence-electron chi connectivity index (χ4n) is 1.84. The van der Waals surface area contributed by atoms with Crippen molar-refractivity contribution in [3.8, 4) is 0 Å². The molecule has 4 nitrogen and oxygen atoms in total. The van der Waals surface area contributed by atoms with Crippen molar-refractivity contribution >= 4 is 11.8 Å². The Labute approximate surface area is 125 Å². The van der Waals surface area contributed by atoms with Gasteiger partial charge in [-0.25, -0.2) is 0 Å². The van der Waals surface area contributed by atoms with E-state index in [0.29, 0.717) is 5.25 Å². The number of pyridine rings is 1. The predicted molar refractivity (Wildman–Crippen MR) is 75.7 cm³/mol. The van der Waals surface area contributed by atoms with Gasteiger partial charge < -0.3 is 0 Å². The van der Waals surface area contributed by atoms with Gasteiger partial charge in [0.15, 0.2) is 0 Å². The van der Waals surface area contributed by atoms with E-state index in [1.807, 2.05) is 24.2 Å². The van der Waals surface area contributed by atoms with Crippen LogP contribution in [-0.4, -0.2) is 37.3 Å². The maximum atomic E-state index is 5.49. The second-order valence-corrected chi connectivity index (χ2v) is 10.5. The van der Waals surface area contributed by atoms with E-state index in [2.05, 4.69) is 24.0 Å². The molecule has 0 aliphatic rings. The summed E-state index contributed by atoms with van der Waals surface area (Å²) in [5.41, 5.74) is 1.33. The van der Waals surface area contributed by atoms with Gasteiger partial charge in [0.05, 0.1) is 0 Å². The van der Waals surface area contributed by atoms with Crippen LogP contribution >= 0.6 is 11.8 Å². The van der Waals surface area contributed by atoms with Gasteiger partial charge in [0, 0.05) is 0 Å². The first-order chi connectivity index (χ1) is 9.15. The third-order valence-corrected chi connectivity index (χ3v) is 9.30. The second kappa shape index (κ2) is 9.11. The Kier molecular flexibility index (Phi) is 8.22. The maximum absolute atomic E-state index is 5.49. The molecule has 1 unspecified atom stereocenters. The molecule has 108 valence electrons. The molecule has 0 fully saturated rings. The first kappa shape index (κ1) is 17.1. The van der Waals surface area contributed by atoms with Crippen LogP contribution in [0.2, 0.25) is 4.73 Å². The van der Waals surface area contributed by atoms with Gasteiger partial charge >= 0.3 is 125 Å². The zero-order chi connectivity index (χ0) is 14.1. The summed E-state index contributed by atoms with van der Waals surface area (Å²) in [4.78, 5) is 4.02. The van der Waals surface area contributed by atoms with Crippen molar-refractivity contribution in [3.05, 3.63) is 30.1 Å². The number of thioether (sulfide) groups is 1. The fraction of sp³-hybridized carbons (Fsp3) is 0.615. The van der Waals surface area contributed by atoms with Gasteiger partial charge in [0.25, 0.3) is 0 Å². The summed E-state index contributed by atoms with van der Waals surface area (Å²) >= 11 is -1.04. The van der Waals surface area contributed by atoms with E-state index in [0.717, 1.165) is 16.9 Å². The Morgan fingerprint density at radius 1 is 1.16 bits per heavy atom. The van der Waals surface area contributed by atoms with Gasteiger partial charge in [-0.15, -0.1) is 0 Å². The summed E-state index contributed by atoms with van der Waals surface area (Å²) in [6, 6.07) is 4.12. The molecule has 0 spiro atoms. The Morgan fingerprint density at radius 3 is 2.26 bits per heavy atom. The molecule has 0 saturated heterocycles. The minimum atomic E-state index is -2.97. The zero-order valence-electron chi connectivity index (χ0n) is 12.1. The number of rotatable bonds is 9. The van der Waals surface area contributed by atoms with Crippen molar-refractivity contribution in [3.63, 3.8) is 0 Å². The summed E-state index contributed by atoms with van der Waals surface area (Å²) in [5.74, 6) is 1.08. The molecule has 1 heterocycles. The predicted octanol–water partition coefficient (Wildman–Crippen LogP) is 3.00. The zero-order valence-corrected chi connectivity index (χ0v) is 14.5. The average Bonchev–Trinajstić information content (AvgIpc) is 2.46. The number of hydrogen-bond acceptors (Lipinski definition) is 5. The Balaban J connectivity index is 2.33. The van der Waals surface area contributed by atoms with E-state index < -0.39 is 17.8 Å². The van der Waals surface area contributed by atoms with Crippen molar-refractivity contribution in [2.45, 2.75) is 23.3 Å². The van der Waals surface area contributed by atoms with Crippen LogP contribution in [0.3, 0.4) is 0 Å². The molecule has 0 N–H and O–H groups in total. The summed E-state index contributed by atoms with van der Waals surface area (Å²) in [6.45, 7) is 2.20. The fourth-order valence-corrected chi connectivity index (χ4v) is 6.77. The molecule has 1 aromatic heterocycles. The van der Waals surface area contributed by atoms with Crippen molar-refractivity contribution in [2.24, 2.45) is 0 Å². The van der Waals surface area contributed by atoms with Gasteiger partial charge in [0.1, 0.15) is 0 Å². The molecule has 0 saturated carbocycles. The quantitative estimate of drug-likeness (QED) is 0.654. The minimum absolute atomic E-state index is 0.474. The van der Waals surface area contributed by atoms with Crippen molar-refractivity contribution in [2.75, 3.05) is 27.1 Å². The van der Waals surface area contributed by atoms with Gasteiger partial charge in [-0.3, -0.25) is 0 Å². The molecule has 19 heavy (non-hydrogen) atoms. The summed E-state index contributed by atoms with van der Waals surface area (Å²) in [7, 11) is 5.05. The van der Waals surface area contributed by atoms with Crippen molar-refractivity contribution in [1.29, 1.82) is 0 Å². The molecule has 0 aliphatic carbocycles. The molecule has 6 heteroatoms. The van der Waals surface area contributed by atoms with Crippen molar-refractivity contribution < 1.29 is 27.7 Å². The second-order valence-electron chi connectivity index (χ2n) is 4.29. The standard InChI is InChI=1S/C10H14NS.3CH3O.Ti/c1-9(2)12-8-5-10-3-6-11-7-4-10;3*1-2;/h3-4,6-7,9H,1,5,8H2,2H3;3*1H3;/q;3*-1;+3. The number of hydrogen-bond donors (Lipinski definition) is 0. The van der Waals surface area contributed by atoms with Crippen LogP contribution in [0.5, 0.6) is 0 Å². The Morgan fingerprint density at radius 2 is 1.74 bits per heavy atom. The molecule has 1 atom stereocenters. The van der Waals surface area contributed by atoms with Crippen LogP contribution in [0.15, 0.2) is 24.5 Å². The monoisotopic (exact) mass is 321 g/mol. The number of aryl methyl sites for hydroxylation is 1. The van der Waals surface area contributed by atoms with Gasteiger partial charge in [0.2, 0.25) is 0 Å². The van der Waals surface area contributed by atoms with Crippen molar-refractivity contribution in [1.82, 2.24) is 4.98 Å². The molecule has 0 amide bonds. The molecular weight excluding hydrogens is 298 g/mol. The number of nitrogens with zero attached hydrogens (tertiary/aromatic N) is 1. The van der Waals surface area contributed by atoms with Crippen LogP contribution in [0, 0.1) is 0 Å². The van der Waals surface area contributed by atoms with Crippen LogP contribution in [0.1, 0.15) is 12.5 Å². The molecular formula is C13H23NO3STi. The topological polar surface area (TPSA) is 40.6 Å². The normalized spacial score (nSPS) is 13.5. The molecule has 0 aromatic carbocycles. The summed E-state index contributed by atoms with van der Waals surface area (Å²) in [5, 5.41) is 0.474. The van der Waals surface area contributed by atoms with E-state index in [1.54, 1.807) is 21.3 Å². The van der Waals surface area contributed by atoms with Gasteiger partial charge in [-0.05, 0) is 0 Å². The van der Waals surface area contributed by atoms with Gasteiger partial charge in [-0.2, -0.15) is 0 Å². The third kappa shape index (κ3) is 5.94. The molecule has 1 aromatic rings. The van der Waals surface area contributed by atoms with E-state index >= 15 is 0 Å². The van der Waals surface area contributed by atoms with Crippen LogP contribution in [0.25, 0.3) is 0 Å². The van der Waals surface area contributed by atoms with Crippen LogP contribution < -0.4 is 0 Å². The van der Waals surface area contributed by atoms with Gasteiger partial charge in [-0.1, -0.05) is 0 Å². The van der Waals surface area contributed by atoms with E-state index in [9.17, 15) is 0 Å². The third-order valence-electron chi connectivity index (χ3n) is 3.01.